The smallest absolute Gasteiger partial charge is 0.0299 e. The van der Waals surface area contributed by atoms with E-state index >= 15 is 0 Å². The van der Waals surface area contributed by atoms with Crippen molar-refractivity contribution in [2.45, 2.75) is 38.8 Å². The lowest BCUT2D eigenvalue weighted by Crippen LogP contribution is -2.33. The normalized spacial score (nSPS) is 32.6. The molecule has 0 aliphatic carbocycles. The summed E-state index contributed by atoms with van der Waals surface area (Å²) in [5, 5.41) is 0. The maximum Gasteiger partial charge on any atom is 0.0299 e. The van der Waals surface area contributed by atoms with Crippen molar-refractivity contribution in [1.82, 2.24) is 4.90 Å². The second-order valence-corrected chi connectivity index (χ2v) is 4.59. The zero-order chi connectivity index (χ0) is 8.43. The molecular weight excluding hydrogens is 202 g/mol. The Morgan fingerprint density at radius 3 is 2.27 bits per heavy atom. The van der Waals surface area contributed by atoms with Crippen LogP contribution in [0.25, 0.3) is 0 Å². The van der Waals surface area contributed by atoms with Crippen molar-refractivity contribution in [3.63, 3.8) is 0 Å². The van der Waals surface area contributed by atoms with E-state index in [1.165, 1.54) is 12.8 Å². The van der Waals surface area contributed by atoms with Crippen LogP contribution in [-0.2, 0) is 0 Å². The van der Waals surface area contributed by atoms with Gasteiger partial charge in [0.1, 0.15) is 0 Å². The van der Waals surface area contributed by atoms with Gasteiger partial charge in [0.2, 0.25) is 0 Å². The molecule has 2 heteroatoms. The first-order valence-electron chi connectivity index (χ1n) is 4.20. The lowest BCUT2D eigenvalue weighted by molar-refractivity contribution is 0.238. The van der Waals surface area contributed by atoms with Crippen LogP contribution in [-0.4, -0.2) is 23.5 Å². The molecule has 0 saturated carbocycles. The second kappa shape index (κ2) is 3.72. The van der Waals surface area contributed by atoms with Crippen molar-refractivity contribution in [2.24, 2.45) is 0 Å². The van der Waals surface area contributed by atoms with Gasteiger partial charge in [0.25, 0.3) is 0 Å². The summed E-state index contributed by atoms with van der Waals surface area (Å²) in [4.78, 5) is 2.50. The minimum Gasteiger partial charge on any atom is -0.293 e. The topological polar surface area (TPSA) is 3.24 Å². The van der Waals surface area contributed by atoms with Gasteiger partial charge in [-0.2, -0.15) is 0 Å². The van der Waals surface area contributed by atoms with Crippen molar-refractivity contribution in [3.05, 3.63) is 11.1 Å². The Kier molecular flexibility index (Phi) is 3.14. The predicted octanol–water partition coefficient (Wildman–Crippen LogP) is 2.77. The fourth-order valence-corrected chi connectivity index (χ4v) is 2.05. The second-order valence-electron chi connectivity index (χ2n) is 3.46. The van der Waals surface area contributed by atoms with Crippen LogP contribution in [0.2, 0.25) is 0 Å². The molecule has 1 nitrogen and oxygen atoms in total. The van der Waals surface area contributed by atoms with Crippen molar-refractivity contribution in [2.75, 3.05) is 6.54 Å². The molecule has 1 fully saturated rings. The Morgan fingerprint density at radius 1 is 1.45 bits per heavy atom. The first-order valence-corrected chi connectivity index (χ1v) is 4.99. The standard InChI is InChI=1S/C9H16BrN/c1-7(10)6-11-8(2)4-5-9(11)3/h8-9H,1,4-6H2,2-3H3/t8-,9-/m0/s1. The van der Waals surface area contributed by atoms with E-state index in [9.17, 15) is 0 Å². The first-order chi connectivity index (χ1) is 5.11. The van der Waals surface area contributed by atoms with Crippen molar-refractivity contribution < 1.29 is 0 Å². The third-order valence-electron chi connectivity index (χ3n) is 2.49. The quantitative estimate of drug-likeness (QED) is 0.688. The van der Waals surface area contributed by atoms with Crippen LogP contribution in [0, 0.1) is 0 Å². The van der Waals surface area contributed by atoms with Crippen LogP contribution >= 0.6 is 15.9 Å². The third kappa shape index (κ3) is 2.31. The molecule has 11 heavy (non-hydrogen) atoms. The molecule has 2 atom stereocenters. The van der Waals surface area contributed by atoms with Crippen LogP contribution in [0.1, 0.15) is 26.7 Å². The summed E-state index contributed by atoms with van der Waals surface area (Å²) < 4.78 is 1.10. The highest BCUT2D eigenvalue weighted by molar-refractivity contribution is 9.11. The molecule has 0 unspecified atom stereocenters. The minimum absolute atomic E-state index is 0.735. The summed E-state index contributed by atoms with van der Waals surface area (Å²) in [7, 11) is 0. The SMILES string of the molecule is C=C(Br)CN1[C@@H](C)CC[C@@H]1C. The van der Waals surface area contributed by atoms with E-state index in [4.69, 9.17) is 0 Å². The van der Waals surface area contributed by atoms with Crippen molar-refractivity contribution in [1.29, 1.82) is 0 Å². The molecular formula is C9H16BrN. The minimum atomic E-state index is 0.735. The lowest BCUT2D eigenvalue weighted by atomic mass is 10.2. The Balaban J connectivity index is 2.47. The number of halogens is 1. The van der Waals surface area contributed by atoms with Gasteiger partial charge in [-0.05, 0) is 26.7 Å². The maximum atomic E-state index is 3.86. The van der Waals surface area contributed by atoms with Crippen LogP contribution in [0.3, 0.4) is 0 Å². The van der Waals surface area contributed by atoms with Gasteiger partial charge in [-0.1, -0.05) is 22.5 Å². The summed E-state index contributed by atoms with van der Waals surface area (Å²) in [6, 6.07) is 1.47. The number of likely N-dealkylation sites (tertiary alicyclic amines) is 1. The van der Waals surface area contributed by atoms with E-state index in [2.05, 4.69) is 41.3 Å². The fraction of sp³-hybridized carbons (Fsp3) is 0.778. The van der Waals surface area contributed by atoms with E-state index in [1.807, 2.05) is 0 Å². The van der Waals surface area contributed by atoms with Gasteiger partial charge >= 0.3 is 0 Å². The largest absolute Gasteiger partial charge is 0.293 e. The van der Waals surface area contributed by atoms with E-state index in [0.717, 1.165) is 23.1 Å². The molecule has 0 radical (unpaired) electrons. The summed E-state index contributed by atoms with van der Waals surface area (Å²) in [6.07, 6.45) is 2.67. The molecule has 1 aliphatic heterocycles. The lowest BCUT2D eigenvalue weighted by Gasteiger charge is -2.25. The van der Waals surface area contributed by atoms with Gasteiger partial charge in [-0.25, -0.2) is 0 Å². The number of hydrogen-bond acceptors (Lipinski definition) is 1. The highest BCUT2D eigenvalue weighted by atomic mass is 79.9. The molecule has 0 aromatic rings. The highest BCUT2D eigenvalue weighted by Gasteiger charge is 2.26. The number of hydrogen-bond donors (Lipinski definition) is 0. The van der Waals surface area contributed by atoms with Crippen molar-refractivity contribution in [3.8, 4) is 0 Å². The Labute approximate surface area is 77.6 Å². The molecule has 64 valence electrons. The van der Waals surface area contributed by atoms with Crippen LogP contribution in [0.15, 0.2) is 11.1 Å². The fourth-order valence-electron chi connectivity index (χ4n) is 1.76. The van der Waals surface area contributed by atoms with Gasteiger partial charge in [0, 0.05) is 23.1 Å². The van der Waals surface area contributed by atoms with Gasteiger partial charge in [0.15, 0.2) is 0 Å². The molecule has 0 spiro atoms. The first kappa shape index (κ1) is 9.27. The van der Waals surface area contributed by atoms with Gasteiger partial charge in [0.05, 0.1) is 0 Å². The zero-order valence-electron chi connectivity index (χ0n) is 7.31. The summed E-state index contributed by atoms with van der Waals surface area (Å²) in [6.45, 7) is 9.45. The molecule has 0 aromatic carbocycles. The summed E-state index contributed by atoms with van der Waals surface area (Å²) in [5.74, 6) is 0. The Morgan fingerprint density at radius 2 is 1.91 bits per heavy atom. The van der Waals surface area contributed by atoms with Gasteiger partial charge in [-0.3, -0.25) is 4.90 Å². The average Bonchev–Trinajstić information content (AvgIpc) is 2.18. The van der Waals surface area contributed by atoms with E-state index in [-0.39, 0.29) is 0 Å². The van der Waals surface area contributed by atoms with Gasteiger partial charge < -0.3 is 0 Å². The number of nitrogens with zero attached hydrogens (tertiary/aromatic N) is 1. The maximum absolute atomic E-state index is 3.86. The monoisotopic (exact) mass is 217 g/mol. The van der Waals surface area contributed by atoms with Crippen molar-refractivity contribution >= 4 is 15.9 Å². The van der Waals surface area contributed by atoms with Crippen LogP contribution in [0.4, 0.5) is 0 Å². The average molecular weight is 218 g/mol. The molecule has 0 amide bonds. The highest BCUT2D eigenvalue weighted by Crippen LogP contribution is 2.24. The third-order valence-corrected chi connectivity index (χ3v) is 2.74. The molecule has 0 aromatic heterocycles. The van der Waals surface area contributed by atoms with Gasteiger partial charge in [-0.15, -0.1) is 0 Å². The zero-order valence-corrected chi connectivity index (χ0v) is 8.89. The van der Waals surface area contributed by atoms with Crippen LogP contribution in [0.5, 0.6) is 0 Å². The molecule has 1 aliphatic rings. The number of rotatable bonds is 2. The van der Waals surface area contributed by atoms with E-state index in [1.54, 1.807) is 0 Å². The summed E-state index contributed by atoms with van der Waals surface area (Å²) >= 11 is 3.40. The molecule has 1 rings (SSSR count). The molecule has 1 heterocycles. The van der Waals surface area contributed by atoms with E-state index in [0.29, 0.717) is 0 Å². The van der Waals surface area contributed by atoms with Crippen LogP contribution < -0.4 is 0 Å². The van der Waals surface area contributed by atoms with E-state index < -0.39 is 0 Å². The Bertz CT molecular complexity index is 146. The molecule has 0 N–H and O–H groups in total. The Hall–Kier alpha value is 0.180. The summed E-state index contributed by atoms with van der Waals surface area (Å²) in [5.41, 5.74) is 0. The predicted molar refractivity (Wildman–Crippen MR) is 52.9 cm³/mol. The molecule has 1 saturated heterocycles. The molecule has 0 bridgehead atoms.